The van der Waals surface area contributed by atoms with Gasteiger partial charge < -0.3 is 34.4 Å². The van der Waals surface area contributed by atoms with Gasteiger partial charge in [0.15, 0.2) is 6.29 Å². The van der Waals surface area contributed by atoms with Gasteiger partial charge >= 0.3 is 6.09 Å². The molecule has 0 aliphatic carbocycles. The molecule has 45 heavy (non-hydrogen) atoms. The molecular weight excluding hydrogens is 572 g/mol. The monoisotopic (exact) mass is 612 g/mol. The van der Waals surface area contributed by atoms with E-state index in [0.29, 0.717) is 25.3 Å². The fourth-order valence-corrected chi connectivity index (χ4v) is 6.51. The van der Waals surface area contributed by atoms with Crippen LogP contribution >= 0.6 is 0 Å². The number of likely N-dealkylation sites (tertiary alicyclic amines) is 1. The van der Waals surface area contributed by atoms with Gasteiger partial charge in [-0.1, -0.05) is 67.3 Å². The zero-order valence-corrected chi connectivity index (χ0v) is 25.3. The van der Waals surface area contributed by atoms with E-state index in [9.17, 15) is 14.7 Å². The number of carbonyl (C=O) groups is 2. The van der Waals surface area contributed by atoms with Crippen molar-refractivity contribution in [2.45, 2.75) is 49.9 Å². The van der Waals surface area contributed by atoms with Gasteiger partial charge in [-0.3, -0.25) is 10.1 Å². The van der Waals surface area contributed by atoms with Crippen LogP contribution in [-0.4, -0.2) is 66.6 Å². The number of nitrogens with zero attached hydrogens (tertiary/aromatic N) is 2. The second-order valence-corrected chi connectivity index (χ2v) is 11.7. The summed E-state index contributed by atoms with van der Waals surface area (Å²) in [7, 11) is 0. The standard InChI is InChI=1S/C35H40N4O6/c1-2-19-43-34(42)37-28-8-6-7-27(20-28)32-44-30(21-31(45-32)26-13-11-25(23-40)12-14-26)22-38-17-15-35(16-18-38)33(41)36-24-39(35)29-9-4-3-5-10-29/h2-14,20,30-32,40H,1,15-19,21-24H2,(H,36,41)(H,37,42)/t30-,31+,32+/m0/s1. The molecule has 6 rings (SSSR count). The van der Waals surface area contributed by atoms with Gasteiger partial charge in [-0.05, 0) is 48.2 Å². The number of ether oxygens (including phenoxy) is 3. The van der Waals surface area contributed by atoms with Gasteiger partial charge in [-0.2, -0.15) is 0 Å². The molecule has 0 radical (unpaired) electrons. The molecule has 0 bridgehead atoms. The van der Waals surface area contributed by atoms with Crippen molar-refractivity contribution in [1.29, 1.82) is 0 Å². The van der Waals surface area contributed by atoms with E-state index in [-0.39, 0.29) is 31.3 Å². The molecule has 10 heteroatoms. The van der Waals surface area contributed by atoms with Crippen molar-refractivity contribution in [1.82, 2.24) is 10.2 Å². The van der Waals surface area contributed by atoms with Gasteiger partial charge in [0.05, 0.1) is 25.5 Å². The molecule has 3 heterocycles. The Balaban J connectivity index is 1.17. The number of benzene rings is 3. The summed E-state index contributed by atoms with van der Waals surface area (Å²) in [5.74, 6) is 0.0987. The Bertz CT molecular complexity index is 1470. The minimum absolute atomic E-state index is 0.0225. The number of hydrogen-bond acceptors (Lipinski definition) is 8. The predicted molar refractivity (Wildman–Crippen MR) is 170 cm³/mol. The van der Waals surface area contributed by atoms with Crippen molar-refractivity contribution in [2.75, 3.05) is 43.1 Å². The van der Waals surface area contributed by atoms with Crippen LogP contribution in [0.4, 0.5) is 16.2 Å². The van der Waals surface area contributed by atoms with Gasteiger partial charge in [-0.25, -0.2) is 4.79 Å². The third-order valence-electron chi connectivity index (χ3n) is 8.90. The Morgan fingerprint density at radius 3 is 2.56 bits per heavy atom. The summed E-state index contributed by atoms with van der Waals surface area (Å²) >= 11 is 0. The number of nitrogens with one attached hydrogen (secondary N) is 2. The molecule has 3 fully saturated rings. The van der Waals surface area contributed by atoms with Gasteiger partial charge in [0.1, 0.15) is 12.1 Å². The van der Waals surface area contributed by atoms with Crippen LogP contribution in [0.1, 0.15) is 48.3 Å². The number of amides is 2. The normalized spacial score (nSPS) is 23.0. The van der Waals surface area contributed by atoms with E-state index < -0.39 is 17.9 Å². The number of carbonyl (C=O) groups excluding carboxylic acids is 2. The highest BCUT2D eigenvalue weighted by Gasteiger charge is 2.50. The van der Waals surface area contributed by atoms with Crippen LogP contribution in [0.3, 0.4) is 0 Å². The van der Waals surface area contributed by atoms with Crippen LogP contribution in [0.15, 0.2) is 91.5 Å². The van der Waals surface area contributed by atoms with Gasteiger partial charge in [0.25, 0.3) is 0 Å². The van der Waals surface area contributed by atoms with Gasteiger partial charge in [0.2, 0.25) is 5.91 Å². The third kappa shape index (κ3) is 6.89. The van der Waals surface area contributed by atoms with Crippen LogP contribution in [0.25, 0.3) is 0 Å². The topological polar surface area (TPSA) is 113 Å². The lowest BCUT2D eigenvalue weighted by Gasteiger charge is -2.45. The smallest absolute Gasteiger partial charge is 0.411 e. The summed E-state index contributed by atoms with van der Waals surface area (Å²) in [6.45, 7) is 6.41. The zero-order valence-electron chi connectivity index (χ0n) is 25.3. The Hall–Kier alpha value is -4.22. The first kappa shape index (κ1) is 30.8. The Kier molecular flexibility index (Phi) is 9.46. The highest BCUT2D eigenvalue weighted by atomic mass is 16.7. The fourth-order valence-electron chi connectivity index (χ4n) is 6.51. The van der Waals surface area contributed by atoms with Crippen molar-refractivity contribution in [3.05, 3.63) is 108 Å². The van der Waals surface area contributed by atoms with Gasteiger partial charge in [-0.15, -0.1) is 0 Å². The van der Waals surface area contributed by atoms with Crippen LogP contribution in [0.2, 0.25) is 0 Å². The summed E-state index contributed by atoms with van der Waals surface area (Å²) in [6.07, 6.45) is 2.00. The Labute approximate surface area is 263 Å². The van der Waals surface area contributed by atoms with Crippen LogP contribution in [0.5, 0.6) is 0 Å². The summed E-state index contributed by atoms with van der Waals surface area (Å²) in [4.78, 5) is 29.9. The molecule has 0 saturated carbocycles. The average Bonchev–Trinajstić information content (AvgIpc) is 3.39. The molecule has 3 aliphatic rings. The second kappa shape index (κ2) is 13.8. The number of aliphatic hydroxyl groups is 1. The third-order valence-corrected chi connectivity index (χ3v) is 8.90. The molecular formula is C35H40N4O6. The molecule has 3 atom stereocenters. The molecule has 3 saturated heterocycles. The van der Waals surface area contributed by atoms with Crippen LogP contribution in [-0.2, 0) is 25.6 Å². The van der Waals surface area contributed by atoms with E-state index in [2.05, 4.69) is 39.1 Å². The quantitative estimate of drug-likeness (QED) is 0.293. The van der Waals surface area contributed by atoms with Crippen molar-refractivity contribution >= 4 is 23.4 Å². The predicted octanol–water partition coefficient (Wildman–Crippen LogP) is 4.89. The van der Waals surface area contributed by atoms with Crippen molar-refractivity contribution in [3.8, 4) is 0 Å². The van der Waals surface area contributed by atoms with E-state index in [0.717, 1.165) is 48.3 Å². The minimum Gasteiger partial charge on any atom is -0.445 e. The molecule has 2 amide bonds. The lowest BCUT2D eigenvalue weighted by atomic mass is 9.85. The molecule has 236 valence electrons. The number of aliphatic hydroxyl groups excluding tert-OH is 1. The fraction of sp³-hybridized carbons (Fsp3) is 0.371. The number of anilines is 2. The molecule has 3 N–H and O–H groups in total. The van der Waals surface area contributed by atoms with E-state index >= 15 is 0 Å². The molecule has 1 spiro atoms. The molecule has 10 nitrogen and oxygen atoms in total. The Morgan fingerprint density at radius 1 is 1.04 bits per heavy atom. The maximum atomic E-state index is 13.2. The molecule has 0 aromatic heterocycles. The number of hydrogen-bond donors (Lipinski definition) is 3. The molecule has 3 aliphatic heterocycles. The SMILES string of the molecule is C=CCOC(=O)Nc1cccc([C@@H]2O[C@H](CN3CCC4(CC3)C(=O)NCN4c3ccccc3)C[C@H](c3ccc(CO)cc3)O2)c1. The van der Waals surface area contributed by atoms with E-state index in [1.54, 1.807) is 6.07 Å². The van der Waals surface area contributed by atoms with Crippen LogP contribution in [0, 0.1) is 0 Å². The first-order chi connectivity index (χ1) is 22.0. The lowest BCUT2D eigenvalue weighted by molar-refractivity contribution is -0.253. The van der Waals surface area contributed by atoms with E-state index in [1.165, 1.54) is 6.08 Å². The summed E-state index contributed by atoms with van der Waals surface area (Å²) in [5, 5.41) is 15.4. The maximum absolute atomic E-state index is 13.2. The van der Waals surface area contributed by atoms with Crippen molar-refractivity contribution in [3.63, 3.8) is 0 Å². The van der Waals surface area contributed by atoms with E-state index in [4.69, 9.17) is 14.2 Å². The van der Waals surface area contributed by atoms with Crippen molar-refractivity contribution in [2.24, 2.45) is 0 Å². The zero-order chi connectivity index (χ0) is 31.2. The largest absolute Gasteiger partial charge is 0.445 e. The number of rotatable bonds is 9. The Morgan fingerprint density at radius 2 is 1.82 bits per heavy atom. The number of para-hydroxylation sites is 1. The van der Waals surface area contributed by atoms with Crippen molar-refractivity contribution < 1.29 is 28.9 Å². The highest BCUT2D eigenvalue weighted by molar-refractivity contribution is 5.93. The molecule has 0 unspecified atom stereocenters. The lowest BCUT2D eigenvalue weighted by Crippen LogP contribution is -2.57. The average molecular weight is 613 g/mol. The van der Waals surface area contributed by atoms with Gasteiger partial charge in [0, 0.05) is 43.0 Å². The molecule has 3 aromatic rings. The summed E-state index contributed by atoms with van der Waals surface area (Å²) in [6, 6.07) is 25.3. The number of piperidine rings is 1. The summed E-state index contributed by atoms with van der Waals surface area (Å²) < 4.78 is 18.2. The molecule has 3 aromatic carbocycles. The maximum Gasteiger partial charge on any atom is 0.411 e. The van der Waals surface area contributed by atoms with Crippen LogP contribution < -0.4 is 15.5 Å². The first-order valence-electron chi connectivity index (χ1n) is 15.5. The highest BCUT2D eigenvalue weighted by Crippen LogP contribution is 2.40. The minimum atomic E-state index is -0.664. The summed E-state index contributed by atoms with van der Waals surface area (Å²) in [5.41, 5.74) is 3.69. The second-order valence-electron chi connectivity index (χ2n) is 11.7. The first-order valence-corrected chi connectivity index (χ1v) is 15.5. The van der Waals surface area contributed by atoms with E-state index in [1.807, 2.05) is 60.7 Å².